The number of hydrogen-bond acceptors (Lipinski definition) is 7. The monoisotopic (exact) mass is 918 g/mol. The van der Waals surface area contributed by atoms with Gasteiger partial charge in [-0.1, -0.05) is 99.2 Å². The molecule has 5 heterocycles. The number of aromatic nitrogens is 2. The van der Waals surface area contributed by atoms with Crippen LogP contribution >= 0.6 is 0 Å². The number of carboxylic acids is 1. The topological polar surface area (TPSA) is 141 Å². The first kappa shape index (κ1) is 45.4. The predicted molar refractivity (Wildman–Crippen MR) is 262 cm³/mol. The van der Waals surface area contributed by atoms with Crippen LogP contribution in [0, 0.1) is 5.92 Å². The third kappa shape index (κ3) is 8.67. The van der Waals surface area contributed by atoms with Gasteiger partial charge in [-0.15, -0.1) is 0 Å². The highest BCUT2D eigenvalue weighted by Gasteiger charge is 2.35. The number of aliphatic carboxylic acids is 1. The lowest BCUT2D eigenvalue weighted by Gasteiger charge is -2.29. The zero-order valence-electron chi connectivity index (χ0n) is 39.3. The number of fused-ring (bicyclic) bond motifs is 10. The summed E-state index contributed by atoms with van der Waals surface area (Å²) in [6, 6.07) is 28.4. The highest BCUT2D eigenvalue weighted by atomic mass is 16.5. The number of nitrogens with zero attached hydrogens (tertiary/aromatic N) is 3. The van der Waals surface area contributed by atoms with Crippen LogP contribution in [0.25, 0.3) is 44.3 Å². The second kappa shape index (κ2) is 19.7. The van der Waals surface area contributed by atoms with Crippen molar-refractivity contribution in [3.63, 3.8) is 0 Å². The van der Waals surface area contributed by atoms with E-state index in [9.17, 15) is 24.3 Å². The molecule has 3 aliphatic heterocycles. The van der Waals surface area contributed by atoms with Crippen molar-refractivity contribution in [2.45, 2.75) is 108 Å². The average molecular weight is 919 g/mol. The van der Waals surface area contributed by atoms with Crippen molar-refractivity contribution in [2.75, 3.05) is 40.5 Å². The molecule has 2 atom stereocenters. The van der Waals surface area contributed by atoms with Gasteiger partial charge in [-0.25, -0.2) is 14.4 Å². The minimum atomic E-state index is -0.784. The van der Waals surface area contributed by atoms with Gasteiger partial charge in [-0.2, -0.15) is 0 Å². The van der Waals surface area contributed by atoms with Gasteiger partial charge in [0, 0.05) is 59.1 Å². The van der Waals surface area contributed by atoms with E-state index in [4.69, 9.17) is 14.2 Å². The predicted octanol–water partition coefficient (Wildman–Crippen LogP) is 10.5. The lowest BCUT2D eigenvalue weighted by molar-refractivity contribution is -0.142. The number of nitrogens with one attached hydrogen (secondary N) is 1. The molecule has 354 valence electrons. The number of carbonyl (C=O) groups excluding carboxylic acids is 3. The first-order chi connectivity index (χ1) is 33.2. The van der Waals surface area contributed by atoms with E-state index in [1.54, 1.807) is 0 Å². The molecule has 0 radical (unpaired) electrons. The van der Waals surface area contributed by atoms with E-state index in [0.717, 1.165) is 52.5 Å². The van der Waals surface area contributed by atoms with Crippen molar-refractivity contribution in [3.05, 3.63) is 118 Å². The molecule has 0 spiro atoms. The third-order valence-electron chi connectivity index (χ3n) is 15.3. The second-order valence-corrected chi connectivity index (χ2v) is 19.4. The van der Waals surface area contributed by atoms with Gasteiger partial charge >= 0.3 is 23.9 Å². The number of ether oxygens (including phenoxy) is 3. The zero-order chi connectivity index (χ0) is 46.9. The Morgan fingerprint density at radius 2 is 1.10 bits per heavy atom. The number of methoxy groups -OCH3 is 2. The molecule has 11 rings (SSSR count). The van der Waals surface area contributed by atoms with Crippen LogP contribution in [-0.2, 0) is 44.9 Å². The van der Waals surface area contributed by atoms with Crippen molar-refractivity contribution in [3.8, 4) is 22.5 Å². The average Bonchev–Trinajstić information content (AvgIpc) is 3.73. The SMILES string of the molecule is COC(=O)c1ccc2c(C3CCCCC3)c3n(c2c1)CC(C(=O)O)Cc1ccccc1-3.COC(=O)c1ccc2c(C3CCCCC3)c3n(c2c1)CC(NC(=O)N1CCOCC1)Cc1ccccc1-3. The summed E-state index contributed by atoms with van der Waals surface area (Å²) < 4.78 is 20.0. The number of morpholine rings is 1. The van der Waals surface area contributed by atoms with Crippen molar-refractivity contribution >= 4 is 45.7 Å². The Morgan fingerprint density at radius 3 is 1.60 bits per heavy atom. The Balaban J connectivity index is 0.000000161. The van der Waals surface area contributed by atoms with Crippen LogP contribution in [-0.4, -0.2) is 89.6 Å². The fourth-order valence-electron chi connectivity index (χ4n) is 12.1. The maximum Gasteiger partial charge on any atom is 0.337 e. The molecule has 0 bridgehead atoms. The highest BCUT2D eigenvalue weighted by molar-refractivity contribution is 6.00. The normalized spacial score (nSPS) is 19.5. The van der Waals surface area contributed by atoms with E-state index in [2.05, 4.69) is 56.9 Å². The summed E-state index contributed by atoms with van der Waals surface area (Å²) in [6.07, 6.45) is 13.4. The summed E-state index contributed by atoms with van der Waals surface area (Å²) in [6.45, 7) is 3.42. The molecule has 2 saturated carbocycles. The van der Waals surface area contributed by atoms with Crippen molar-refractivity contribution in [2.24, 2.45) is 5.92 Å². The molecule has 2 N–H and O–H groups in total. The van der Waals surface area contributed by atoms with Gasteiger partial charge < -0.3 is 38.7 Å². The molecule has 2 amide bonds. The van der Waals surface area contributed by atoms with Gasteiger partial charge in [0.1, 0.15) is 0 Å². The number of rotatable bonds is 6. The lowest BCUT2D eigenvalue weighted by Crippen LogP contribution is -2.50. The van der Waals surface area contributed by atoms with Crippen molar-refractivity contribution in [1.29, 1.82) is 0 Å². The summed E-state index contributed by atoms with van der Waals surface area (Å²) in [5.41, 5.74) is 12.8. The van der Waals surface area contributed by atoms with Gasteiger partial charge in [0.15, 0.2) is 0 Å². The van der Waals surface area contributed by atoms with Gasteiger partial charge in [-0.05, 0) is 96.9 Å². The van der Waals surface area contributed by atoms with Gasteiger partial charge in [0.05, 0.1) is 61.9 Å². The molecule has 4 aromatic carbocycles. The number of esters is 2. The van der Waals surface area contributed by atoms with Gasteiger partial charge in [0.25, 0.3) is 0 Å². The van der Waals surface area contributed by atoms with E-state index in [1.165, 1.54) is 98.9 Å². The molecule has 68 heavy (non-hydrogen) atoms. The van der Waals surface area contributed by atoms with Crippen LogP contribution in [0.5, 0.6) is 0 Å². The largest absolute Gasteiger partial charge is 0.481 e. The quantitative estimate of drug-likeness (QED) is 0.157. The Labute approximate surface area is 397 Å². The molecule has 12 heteroatoms. The third-order valence-corrected chi connectivity index (χ3v) is 15.3. The van der Waals surface area contributed by atoms with Crippen LogP contribution < -0.4 is 5.32 Å². The molecule has 12 nitrogen and oxygen atoms in total. The maximum atomic E-state index is 13.2. The molecule has 2 unspecified atom stereocenters. The molecule has 5 aliphatic rings. The fraction of sp³-hybridized carbons (Fsp3) is 0.429. The van der Waals surface area contributed by atoms with Crippen LogP contribution in [0.2, 0.25) is 0 Å². The molecule has 2 aliphatic carbocycles. The Morgan fingerprint density at radius 1 is 0.618 bits per heavy atom. The standard InChI is InChI=1S/C30H35N3O4.C26H27NO4/c1-36-29(34)22-11-12-25-26(18-22)33-19-23(31-30(35)32-13-15-37-16-14-32)17-21-9-5-6-10-24(21)28(33)27(25)20-7-3-2-4-8-20;1-31-26(30)18-11-12-21-22(14-18)27-15-19(25(28)29)13-17-9-5-6-10-20(17)24(27)23(21)16-7-3-2-4-8-16/h5-6,9-12,18,20,23H,2-4,7-8,13-17,19H2,1H3,(H,31,35);5-6,9-12,14,16,19H,2-4,7-8,13,15H2,1H3,(H,28,29). The number of amides is 2. The Bertz CT molecular complexity index is 2880. The van der Waals surface area contributed by atoms with Gasteiger partial charge in [-0.3, -0.25) is 4.79 Å². The Hall–Kier alpha value is -6.40. The lowest BCUT2D eigenvalue weighted by atomic mass is 9.81. The summed E-state index contributed by atoms with van der Waals surface area (Å²) >= 11 is 0. The molecule has 3 fully saturated rings. The number of carboxylic acid groups (broad SMARTS) is 1. The zero-order valence-corrected chi connectivity index (χ0v) is 39.3. The molecule has 6 aromatic rings. The van der Waals surface area contributed by atoms with E-state index in [0.29, 0.717) is 68.8 Å². The first-order valence-electron chi connectivity index (χ1n) is 24.7. The minimum absolute atomic E-state index is 0.0338. The minimum Gasteiger partial charge on any atom is -0.481 e. The molecular formula is C56H62N4O8. The van der Waals surface area contributed by atoms with E-state index in [1.807, 2.05) is 47.4 Å². The van der Waals surface area contributed by atoms with E-state index in [-0.39, 0.29) is 24.0 Å². The van der Waals surface area contributed by atoms with Crippen LogP contribution in [0.4, 0.5) is 4.79 Å². The van der Waals surface area contributed by atoms with Crippen LogP contribution in [0.15, 0.2) is 84.9 Å². The number of benzene rings is 4. The molecule has 2 aromatic heterocycles. The number of carbonyl (C=O) groups is 4. The summed E-state index contributed by atoms with van der Waals surface area (Å²) in [7, 11) is 2.81. The molecule has 1 saturated heterocycles. The number of urea groups is 1. The summed E-state index contributed by atoms with van der Waals surface area (Å²) in [5.74, 6) is -1.06. The van der Waals surface area contributed by atoms with Crippen molar-refractivity contribution < 1.29 is 38.5 Å². The van der Waals surface area contributed by atoms with Gasteiger partial charge in [0.2, 0.25) is 0 Å². The van der Waals surface area contributed by atoms with Crippen LogP contribution in [0.1, 0.15) is 119 Å². The summed E-state index contributed by atoms with van der Waals surface area (Å²) in [5, 5.41) is 15.6. The maximum absolute atomic E-state index is 13.2. The summed E-state index contributed by atoms with van der Waals surface area (Å²) in [4.78, 5) is 51.9. The van der Waals surface area contributed by atoms with E-state index < -0.39 is 11.9 Å². The fourth-order valence-corrected chi connectivity index (χ4v) is 12.1. The smallest absolute Gasteiger partial charge is 0.337 e. The van der Waals surface area contributed by atoms with E-state index >= 15 is 0 Å². The second-order valence-electron chi connectivity index (χ2n) is 19.4. The Kier molecular flexibility index (Phi) is 13.1. The number of hydrogen-bond donors (Lipinski definition) is 2. The molecular weight excluding hydrogens is 857 g/mol. The highest BCUT2D eigenvalue weighted by Crippen LogP contribution is 2.48. The first-order valence-corrected chi connectivity index (χ1v) is 24.7. The van der Waals surface area contributed by atoms with Crippen LogP contribution in [0.3, 0.4) is 0 Å². The van der Waals surface area contributed by atoms with Crippen molar-refractivity contribution in [1.82, 2.24) is 19.4 Å².